The van der Waals surface area contributed by atoms with E-state index in [-0.39, 0.29) is 11.8 Å². The molecular formula is C11H12N4O2. The van der Waals surface area contributed by atoms with Gasteiger partial charge in [-0.3, -0.25) is 4.79 Å². The number of ether oxygens (including phenoxy) is 1. The van der Waals surface area contributed by atoms with E-state index in [2.05, 4.69) is 15.4 Å². The van der Waals surface area contributed by atoms with Gasteiger partial charge in [-0.15, -0.1) is 0 Å². The van der Waals surface area contributed by atoms with Gasteiger partial charge >= 0.3 is 0 Å². The van der Waals surface area contributed by atoms with E-state index in [1.807, 2.05) is 12.1 Å². The van der Waals surface area contributed by atoms with E-state index in [0.717, 1.165) is 17.8 Å². The summed E-state index contributed by atoms with van der Waals surface area (Å²) in [6.45, 7) is 1.18. The molecule has 6 heteroatoms. The zero-order valence-electron chi connectivity index (χ0n) is 9.17. The largest absolute Gasteiger partial charge is 0.381 e. The van der Waals surface area contributed by atoms with Gasteiger partial charge < -0.3 is 10.1 Å². The molecule has 2 aromatic heterocycles. The number of nitrogens with one attached hydrogen (secondary N) is 1. The maximum Gasteiger partial charge on any atom is 0.229 e. The van der Waals surface area contributed by atoms with Crippen LogP contribution in [0.3, 0.4) is 0 Å². The van der Waals surface area contributed by atoms with Crippen molar-refractivity contribution < 1.29 is 9.53 Å². The average molecular weight is 232 g/mol. The number of carbonyl (C=O) groups is 1. The van der Waals surface area contributed by atoms with E-state index in [1.165, 1.54) is 6.33 Å². The van der Waals surface area contributed by atoms with Crippen molar-refractivity contribution in [1.82, 2.24) is 14.6 Å². The van der Waals surface area contributed by atoms with Crippen molar-refractivity contribution in [2.75, 3.05) is 18.5 Å². The lowest BCUT2D eigenvalue weighted by Gasteiger charge is -2.09. The fraction of sp³-hybridized carbons (Fsp3) is 0.364. The molecule has 3 rings (SSSR count). The summed E-state index contributed by atoms with van der Waals surface area (Å²) in [5, 5.41) is 6.87. The molecule has 1 amide bonds. The van der Waals surface area contributed by atoms with E-state index in [0.29, 0.717) is 13.2 Å². The standard InChI is InChI=1S/C11H12N4O2/c16-11(8-3-4-17-6-8)14-9-1-2-10-12-7-13-15(10)5-9/h1-2,5,7-8H,3-4,6H2,(H,14,16). The minimum Gasteiger partial charge on any atom is -0.381 e. The molecule has 1 atom stereocenters. The Labute approximate surface area is 97.6 Å². The van der Waals surface area contributed by atoms with Crippen LogP contribution in [-0.4, -0.2) is 33.7 Å². The Bertz CT molecular complexity index is 545. The molecule has 88 valence electrons. The molecule has 17 heavy (non-hydrogen) atoms. The molecule has 0 bridgehead atoms. The molecule has 2 aromatic rings. The molecule has 6 nitrogen and oxygen atoms in total. The lowest BCUT2D eigenvalue weighted by atomic mass is 10.1. The van der Waals surface area contributed by atoms with Gasteiger partial charge in [0.25, 0.3) is 0 Å². The summed E-state index contributed by atoms with van der Waals surface area (Å²) in [6.07, 6.45) is 4.01. The van der Waals surface area contributed by atoms with Crippen molar-refractivity contribution in [1.29, 1.82) is 0 Å². The SMILES string of the molecule is O=C(Nc1ccc2ncnn2c1)C1CCOC1. The van der Waals surface area contributed by atoms with Crippen LogP contribution in [0.2, 0.25) is 0 Å². The molecule has 1 N–H and O–H groups in total. The zero-order valence-corrected chi connectivity index (χ0v) is 9.17. The van der Waals surface area contributed by atoms with Gasteiger partial charge in [0, 0.05) is 6.61 Å². The monoisotopic (exact) mass is 232 g/mol. The van der Waals surface area contributed by atoms with Gasteiger partial charge in [0.1, 0.15) is 6.33 Å². The first-order chi connectivity index (χ1) is 8.33. The second-order valence-corrected chi connectivity index (χ2v) is 4.03. The van der Waals surface area contributed by atoms with Crippen LogP contribution in [0, 0.1) is 5.92 Å². The third kappa shape index (κ3) is 1.99. The van der Waals surface area contributed by atoms with Crippen molar-refractivity contribution in [2.45, 2.75) is 6.42 Å². The molecule has 1 aliphatic rings. The van der Waals surface area contributed by atoms with Gasteiger partial charge in [-0.2, -0.15) is 5.10 Å². The highest BCUT2D eigenvalue weighted by Gasteiger charge is 2.23. The summed E-state index contributed by atoms with van der Waals surface area (Å²) in [5.74, 6) is -0.0385. The Morgan fingerprint density at radius 1 is 1.53 bits per heavy atom. The molecule has 0 radical (unpaired) electrons. The number of hydrogen-bond donors (Lipinski definition) is 1. The topological polar surface area (TPSA) is 68.5 Å². The van der Waals surface area contributed by atoms with Crippen molar-refractivity contribution in [3.8, 4) is 0 Å². The molecule has 1 saturated heterocycles. The summed E-state index contributed by atoms with van der Waals surface area (Å²) >= 11 is 0. The minimum atomic E-state index is -0.0403. The number of aromatic nitrogens is 3. The molecule has 0 spiro atoms. The van der Waals surface area contributed by atoms with Crippen LogP contribution in [-0.2, 0) is 9.53 Å². The predicted molar refractivity (Wildman–Crippen MR) is 60.5 cm³/mol. The molecule has 0 aliphatic carbocycles. The van der Waals surface area contributed by atoms with Gasteiger partial charge in [0.2, 0.25) is 5.91 Å². The molecule has 1 fully saturated rings. The Morgan fingerprint density at radius 3 is 3.29 bits per heavy atom. The maximum absolute atomic E-state index is 11.9. The second kappa shape index (κ2) is 4.14. The lowest BCUT2D eigenvalue weighted by molar-refractivity contribution is -0.119. The Kier molecular flexibility index (Phi) is 2.49. The third-order valence-corrected chi connectivity index (χ3v) is 2.84. The second-order valence-electron chi connectivity index (χ2n) is 4.03. The Balaban J connectivity index is 1.77. The smallest absolute Gasteiger partial charge is 0.229 e. The zero-order chi connectivity index (χ0) is 11.7. The maximum atomic E-state index is 11.9. The number of nitrogens with zero attached hydrogens (tertiary/aromatic N) is 3. The van der Waals surface area contributed by atoms with Gasteiger partial charge in [0.15, 0.2) is 5.65 Å². The summed E-state index contributed by atoms with van der Waals surface area (Å²) in [5.41, 5.74) is 1.48. The normalized spacial score (nSPS) is 19.6. The third-order valence-electron chi connectivity index (χ3n) is 2.84. The van der Waals surface area contributed by atoms with Crippen molar-refractivity contribution in [3.63, 3.8) is 0 Å². The van der Waals surface area contributed by atoms with Crippen molar-refractivity contribution in [3.05, 3.63) is 24.7 Å². The Morgan fingerprint density at radius 2 is 2.47 bits per heavy atom. The van der Waals surface area contributed by atoms with Gasteiger partial charge in [-0.25, -0.2) is 9.50 Å². The van der Waals surface area contributed by atoms with E-state index in [9.17, 15) is 4.79 Å². The van der Waals surface area contributed by atoms with Crippen molar-refractivity contribution >= 4 is 17.2 Å². The number of amides is 1. The van der Waals surface area contributed by atoms with E-state index < -0.39 is 0 Å². The van der Waals surface area contributed by atoms with E-state index in [1.54, 1.807) is 10.7 Å². The van der Waals surface area contributed by atoms with Crippen LogP contribution in [0.25, 0.3) is 5.65 Å². The fourth-order valence-electron chi connectivity index (χ4n) is 1.88. The predicted octanol–water partition coefficient (Wildman–Crippen LogP) is 0.704. The highest BCUT2D eigenvalue weighted by Crippen LogP contribution is 2.16. The number of anilines is 1. The quantitative estimate of drug-likeness (QED) is 0.827. The van der Waals surface area contributed by atoms with Crippen molar-refractivity contribution in [2.24, 2.45) is 5.92 Å². The lowest BCUT2D eigenvalue weighted by Crippen LogP contribution is -2.22. The number of pyridine rings is 1. The van der Waals surface area contributed by atoms with E-state index in [4.69, 9.17) is 4.74 Å². The first-order valence-electron chi connectivity index (χ1n) is 5.51. The van der Waals surface area contributed by atoms with Crippen LogP contribution < -0.4 is 5.32 Å². The number of rotatable bonds is 2. The molecule has 3 heterocycles. The number of carbonyl (C=O) groups excluding carboxylic acids is 1. The molecule has 0 aromatic carbocycles. The summed E-state index contributed by atoms with van der Waals surface area (Å²) in [4.78, 5) is 15.9. The number of hydrogen-bond acceptors (Lipinski definition) is 4. The summed E-state index contributed by atoms with van der Waals surface area (Å²) in [7, 11) is 0. The fourth-order valence-corrected chi connectivity index (χ4v) is 1.88. The summed E-state index contributed by atoms with van der Waals surface area (Å²) in [6, 6.07) is 3.63. The first kappa shape index (κ1) is 10.2. The average Bonchev–Trinajstić information content (AvgIpc) is 2.99. The van der Waals surface area contributed by atoms with Gasteiger partial charge in [-0.05, 0) is 18.6 Å². The van der Waals surface area contributed by atoms with Crippen LogP contribution in [0.5, 0.6) is 0 Å². The highest BCUT2D eigenvalue weighted by molar-refractivity contribution is 5.92. The highest BCUT2D eigenvalue weighted by atomic mass is 16.5. The molecule has 1 unspecified atom stereocenters. The first-order valence-corrected chi connectivity index (χ1v) is 5.51. The molecule has 1 aliphatic heterocycles. The van der Waals surface area contributed by atoms with Crippen LogP contribution >= 0.6 is 0 Å². The van der Waals surface area contributed by atoms with Gasteiger partial charge in [-0.1, -0.05) is 0 Å². The summed E-state index contributed by atoms with van der Waals surface area (Å²) < 4.78 is 6.81. The van der Waals surface area contributed by atoms with Crippen LogP contribution in [0.4, 0.5) is 5.69 Å². The molecule has 0 saturated carbocycles. The van der Waals surface area contributed by atoms with Crippen LogP contribution in [0.1, 0.15) is 6.42 Å². The molecular weight excluding hydrogens is 220 g/mol. The van der Waals surface area contributed by atoms with Gasteiger partial charge in [0.05, 0.1) is 24.4 Å². The Hall–Kier alpha value is -1.95. The van der Waals surface area contributed by atoms with Crippen LogP contribution in [0.15, 0.2) is 24.7 Å². The van der Waals surface area contributed by atoms with E-state index >= 15 is 0 Å². The number of fused-ring (bicyclic) bond motifs is 1. The minimum absolute atomic E-state index is 0.00182.